The molecule has 0 spiro atoms. The van der Waals surface area contributed by atoms with Gasteiger partial charge in [0.25, 0.3) is 0 Å². The van der Waals surface area contributed by atoms with Crippen LogP contribution >= 0.6 is 12.2 Å². The van der Waals surface area contributed by atoms with E-state index in [4.69, 9.17) is 21.7 Å². The Hall–Kier alpha value is -1.13. The molecule has 2 atom stereocenters. The molecule has 98 valence electrons. The molecule has 1 fully saturated rings. The Kier molecular flexibility index (Phi) is 4.19. The highest BCUT2D eigenvalue weighted by Crippen LogP contribution is 2.22. The quantitative estimate of drug-likeness (QED) is 0.766. The summed E-state index contributed by atoms with van der Waals surface area (Å²) >= 11 is 5.59. The van der Waals surface area contributed by atoms with Crippen LogP contribution in [-0.4, -0.2) is 42.3 Å². The lowest BCUT2D eigenvalue weighted by Crippen LogP contribution is -2.47. The molecule has 4 heteroatoms. The first kappa shape index (κ1) is 13.3. The Morgan fingerprint density at radius 2 is 1.89 bits per heavy atom. The number of thiocarbonyl (C=S) groups is 1. The molecule has 0 aliphatic carbocycles. The minimum Gasteiger partial charge on any atom is -0.496 e. The first-order valence-corrected chi connectivity index (χ1v) is 6.60. The molecule has 1 aromatic rings. The van der Waals surface area contributed by atoms with E-state index in [9.17, 15) is 0 Å². The highest BCUT2D eigenvalue weighted by atomic mass is 32.1. The average Bonchev–Trinajstić information content (AvgIpc) is 2.36. The van der Waals surface area contributed by atoms with Crippen LogP contribution in [0, 0.1) is 0 Å². The van der Waals surface area contributed by atoms with Gasteiger partial charge in [0, 0.05) is 13.1 Å². The van der Waals surface area contributed by atoms with Gasteiger partial charge in [0.1, 0.15) is 10.7 Å². The molecule has 0 saturated carbocycles. The fraction of sp³-hybridized carbons (Fsp3) is 0.500. The maximum atomic E-state index is 5.73. The molecule has 3 nitrogen and oxygen atoms in total. The Bertz CT molecular complexity index is 426. The summed E-state index contributed by atoms with van der Waals surface area (Å²) in [7, 11) is 1.67. The molecule has 1 saturated heterocycles. The first-order valence-electron chi connectivity index (χ1n) is 6.19. The van der Waals surface area contributed by atoms with Gasteiger partial charge in [0.05, 0.1) is 24.9 Å². The van der Waals surface area contributed by atoms with E-state index in [1.54, 1.807) is 7.11 Å². The zero-order valence-corrected chi connectivity index (χ0v) is 11.9. The fourth-order valence-electron chi connectivity index (χ4n) is 2.34. The Morgan fingerprint density at radius 3 is 2.50 bits per heavy atom. The lowest BCUT2D eigenvalue weighted by atomic mass is 10.1. The number of para-hydroxylation sites is 1. The van der Waals surface area contributed by atoms with Crippen molar-refractivity contribution in [2.24, 2.45) is 0 Å². The van der Waals surface area contributed by atoms with Crippen LogP contribution in [0.25, 0.3) is 0 Å². The number of rotatable bonds is 2. The van der Waals surface area contributed by atoms with E-state index in [1.165, 1.54) is 0 Å². The molecule has 0 radical (unpaired) electrons. The van der Waals surface area contributed by atoms with Crippen molar-refractivity contribution < 1.29 is 9.47 Å². The van der Waals surface area contributed by atoms with Crippen molar-refractivity contribution in [3.05, 3.63) is 29.8 Å². The first-order chi connectivity index (χ1) is 8.61. The molecule has 1 heterocycles. The van der Waals surface area contributed by atoms with E-state index < -0.39 is 0 Å². The van der Waals surface area contributed by atoms with Gasteiger partial charge in [-0.25, -0.2) is 0 Å². The number of methoxy groups -OCH3 is 1. The highest BCUT2D eigenvalue weighted by molar-refractivity contribution is 7.80. The molecule has 1 aromatic carbocycles. The van der Waals surface area contributed by atoms with Crippen molar-refractivity contribution in [2.75, 3.05) is 20.2 Å². The molecule has 0 amide bonds. The summed E-state index contributed by atoms with van der Waals surface area (Å²) in [4.78, 5) is 3.04. The van der Waals surface area contributed by atoms with Gasteiger partial charge in [-0.05, 0) is 26.0 Å². The monoisotopic (exact) mass is 265 g/mol. The summed E-state index contributed by atoms with van der Waals surface area (Å²) in [5.74, 6) is 0.828. The molecule has 18 heavy (non-hydrogen) atoms. The fourth-order valence-corrected chi connectivity index (χ4v) is 2.65. The summed E-state index contributed by atoms with van der Waals surface area (Å²) in [5, 5.41) is 0. The number of morpholine rings is 1. The van der Waals surface area contributed by atoms with Gasteiger partial charge < -0.3 is 14.4 Å². The predicted octanol–water partition coefficient (Wildman–Crippen LogP) is 2.48. The van der Waals surface area contributed by atoms with E-state index in [0.29, 0.717) is 0 Å². The topological polar surface area (TPSA) is 21.7 Å². The highest BCUT2D eigenvalue weighted by Gasteiger charge is 2.25. The van der Waals surface area contributed by atoms with E-state index in [1.807, 2.05) is 24.3 Å². The van der Waals surface area contributed by atoms with Crippen molar-refractivity contribution in [1.82, 2.24) is 4.90 Å². The summed E-state index contributed by atoms with van der Waals surface area (Å²) < 4.78 is 11.1. The number of hydrogen-bond donors (Lipinski definition) is 0. The molecule has 0 unspecified atom stereocenters. The van der Waals surface area contributed by atoms with Gasteiger partial charge in [-0.15, -0.1) is 0 Å². The zero-order chi connectivity index (χ0) is 13.1. The molecule has 1 aliphatic heterocycles. The lowest BCUT2D eigenvalue weighted by molar-refractivity contribution is -0.0472. The number of hydrogen-bond acceptors (Lipinski definition) is 3. The standard InChI is InChI=1S/C14H19NO2S/c1-10-8-15(9-11(2)17-10)14(18)12-6-4-5-7-13(12)16-3/h4-7,10-11H,8-9H2,1-3H3/t10-,11-/m0/s1. The minimum atomic E-state index is 0.210. The summed E-state index contributed by atoms with van der Waals surface area (Å²) in [5.41, 5.74) is 0.983. The van der Waals surface area contributed by atoms with Crippen LogP contribution < -0.4 is 4.74 Å². The van der Waals surface area contributed by atoms with Gasteiger partial charge >= 0.3 is 0 Å². The Balaban J connectivity index is 2.20. The maximum absolute atomic E-state index is 5.73. The minimum absolute atomic E-state index is 0.210. The molecule has 0 N–H and O–H groups in total. The van der Waals surface area contributed by atoms with Crippen LogP contribution in [0.1, 0.15) is 19.4 Å². The van der Waals surface area contributed by atoms with Crippen molar-refractivity contribution in [3.63, 3.8) is 0 Å². The molecular weight excluding hydrogens is 246 g/mol. The second kappa shape index (κ2) is 5.67. The van der Waals surface area contributed by atoms with Crippen LogP contribution in [0.15, 0.2) is 24.3 Å². The second-order valence-corrected chi connectivity index (χ2v) is 5.05. The number of ether oxygens (including phenoxy) is 2. The third-order valence-corrected chi connectivity index (χ3v) is 3.52. The molecule has 0 bridgehead atoms. The largest absolute Gasteiger partial charge is 0.496 e. The van der Waals surface area contributed by atoms with E-state index in [-0.39, 0.29) is 12.2 Å². The van der Waals surface area contributed by atoms with Crippen molar-refractivity contribution in [3.8, 4) is 5.75 Å². The average molecular weight is 265 g/mol. The van der Waals surface area contributed by atoms with Crippen LogP contribution in [0.5, 0.6) is 5.75 Å². The zero-order valence-electron chi connectivity index (χ0n) is 11.1. The molecule has 2 rings (SSSR count). The molecule has 0 aromatic heterocycles. The molecule has 1 aliphatic rings. The van der Waals surface area contributed by atoms with Gasteiger partial charge in [-0.1, -0.05) is 24.4 Å². The van der Waals surface area contributed by atoms with E-state index in [2.05, 4.69) is 18.7 Å². The van der Waals surface area contributed by atoms with Gasteiger partial charge in [0.15, 0.2) is 0 Å². The predicted molar refractivity (Wildman–Crippen MR) is 76.3 cm³/mol. The summed E-state index contributed by atoms with van der Waals surface area (Å²) in [6, 6.07) is 7.88. The van der Waals surface area contributed by atoms with Crippen molar-refractivity contribution >= 4 is 17.2 Å². The Labute approximate surface area is 114 Å². The van der Waals surface area contributed by atoms with Crippen LogP contribution in [-0.2, 0) is 4.74 Å². The van der Waals surface area contributed by atoms with Gasteiger partial charge in [-0.2, -0.15) is 0 Å². The summed E-state index contributed by atoms with van der Waals surface area (Å²) in [6.45, 7) is 5.82. The number of benzene rings is 1. The maximum Gasteiger partial charge on any atom is 0.129 e. The molecular formula is C14H19NO2S. The van der Waals surface area contributed by atoms with Gasteiger partial charge in [-0.3, -0.25) is 0 Å². The smallest absolute Gasteiger partial charge is 0.129 e. The third kappa shape index (κ3) is 2.82. The van der Waals surface area contributed by atoms with Crippen LogP contribution in [0.4, 0.5) is 0 Å². The normalized spacial score (nSPS) is 23.8. The second-order valence-electron chi connectivity index (χ2n) is 4.67. The summed E-state index contributed by atoms with van der Waals surface area (Å²) in [6.07, 6.45) is 0.419. The number of nitrogens with zero attached hydrogens (tertiary/aromatic N) is 1. The van der Waals surface area contributed by atoms with E-state index in [0.717, 1.165) is 29.4 Å². The van der Waals surface area contributed by atoms with Crippen molar-refractivity contribution in [1.29, 1.82) is 0 Å². The third-order valence-electron chi connectivity index (χ3n) is 3.04. The Morgan fingerprint density at radius 1 is 1.28 bits per heavy atom. The van der Waals surface area contributed by atoms with Crippen molar-refractivity contribution in [2.45, 2.75) is 26.1 Å². The van der Waals surface area contributed by atoms with Crippen LogP contribution in [0.3, 0.4) is 0 Å². The van der Waals surface area contributed by atoms with Gasteiger partial charge in [0.2, 0.25) is 0 Å². The lowest BCUT2D eigenvalue weighted by Gasteiger charge is -2.37. The van der Waals surface area contributed by atoms with E-state index >= 15 is 0 Å². The van der Waals surface area contributed by atoms with Crippen LogP contribution in [0.2, 0.25) is 0 Å². The SMILES string of the molecule is COc1ccccc1C(=S)N1C[C@H](C)O[C@@H](C)C1.